The zero-order valence-corrected chi connectivity index (χ0v) is 13.0. The highest BCUT2D eigenvalue weighted by Gasteiger charge is 2.16. The van der Waals surface area contributed by atoms with Gasteiger partial charge in [-0.15, -0.1) is 10.2 Å². The van der Waals surface area contributed by atoms with E-state index in [9.17, 15) is 13.2 Å². The van der Waals surface area contributed by atoms with Crippen LogP contribution in [-0.4, -0.2) is 31.7 Å². The number of benzene rings is 1. The number of methoxy groups -OCH3 is 1. The highest BCUT2D eigenvalue weighted by molar-refractivity contribution is 7.93. The van der Waals surface area contributed by atoms with E-state index in [1.165, 1.54) is 19.2 Å². The molecule has 1 aromatic carbocycles. The number of anilines is 1. The predicted molar refractivity (Wildman–Crippen MR) is 77.6 cm³/mol. The Morgan fingerprint density at radius 1 is 1.29 bits per heavy atom. The second kappa shape index (κ2) is 6.19. The smallest absolute Gasteiger partial charge is 0.309 e. The van der Waals surface area contributed by atoms with Gasteiger partial charge in [0, 0.05) is 0 Å². The molecule has 0 amide bonds. The van der Waals surface area contributed by atoms with Crippen molar-refractivity contribution in [3.63, 3.8) is 0 Å². The Morgan fingerprint density at radius 3 is 2.48 bits per heavy atom. The molecular weight excluding hydrogens is 314 g/mol. The minimum Gasteiger partial charge on any atom is -0.469 e. The van der Waals surface area contributed by atoms with Gasteiger partial charge in [0.05, 0.1) is 18.4 Å². The molecule has 0 saturated carbocycles. The molecule has 2 rings (SSSR count). The van der Waals surface area contributed by atoms with Crippen molar-refractivity contribution in [2.75, 3.05) is 11.8 Å². The van der Waals surface area contributed by atoms with Crippen LogP contribution in [0.4, 0.5) is 5.13 Å². The number of aryl methyl sites for hydroxylation is 1. The molecule has 0 radical (unpaired) electrons. The Kier molecular flexibility index (Phi) is 4.53. The van der Waals surface area contributed by atoms with Gasteiger partial charge in [-0.1, -0.05) is 23.5 Å². The SMILES string of the molecule is COC(=O)Cc1ccc(S(=O)(=O)Nc2nnc(C)s2)cc1. The first-order valence-electron chi connectivity index (χ1n) is 5.89. The first-order valence-corrected chi connectivity index (χ1v) is 8.19. The Bertz CT molecular complexity index is 738. The highest BCUT2D eigenvalue weighted by atomic mass is 32.2. The molecule has 1 N–H and O–H groups in total. The summed E-state index contributed by atoms with van der Waals surface area (Å²) in [4.78, 5) is 11.2. The maximum absolute atomic E-state index is 12.1. The Labute approximate surface area is 126 Å². The van der Waals surface area contributed by atoms with E-state index >= 15 is 0 Å². The molecule has 2 aromatic rings. The van der Waals surface area contributed by atoms with E-state index < -0.39 is 10.0 Å². The van der Waals surface area contributed by atoms with Gasteiger partial charge in [-0.2, -0.15) is 0 Å². The van der Waals surface area contributed by atoms with Gasteiger partial charge < -0.3 is 4.74 Å². The fourth-order valence-corrected chi connectivity index (χ4v) is 3.36. The van der Waals surface area contributed by atoms with Crippen LogP contribution in [0.5, 0.6) is 0 Å². The van der Waals surface area contributed by atoms with Crippen LogP contribution in [0.1, 0.15) is 10.6 Å². The maximum Gasteiger partial charge on any atom is 0.309 e. The van der Waals surface area contributed by atoms with Crippen LogP contribution >= 0.6 is 11.3 Å². The number of aromatic nitrogens is 2. The third-order valence-electron chi connectivity index (χ3n) is 2.56. The monoisotopic (exact) mass is 327 g/mol. The topological polar surface area (TPSA) is 98.2 Å². The molecule has 21 heavy (non-hydrogen) atoms. The molecule has 0 aliphatic heterocycles. The summed E-state index contributed by atoms with van der Waals surface area (Å²) in [5.41, 5.74) is 0.674. The lowest BCUT2D eigenvalue weighted by atomic mass is 10.2. The number of hydrogen-bond acceptors (Lipinski definition) is 7. The van der Waals surface area contributed by atoms with Crippen molar-refractivity contribution in [1.29, 1.82) is 0 Å². The summed E-state index contributed by atoms with van der Waals surface area (Å²) in [6.07, 6.45) is 0.0971. The Balaban J connectivity index is 2.15. The van der Waals surface area contributed by atoms with Gasteiger partial charge in [0.1, 0.15) is 5.01 Å². The Morgan fingerprint density at radius 2 is 1.95 bits per heavy atom. The van der Waals surface area contributed by atoms with Gasteiger partial charge in [0.2, 0.25) is 5.13 Å². The molecular formula is C12H13N3O4S2. The maximum atomic E-state index is 12.1. The molecule has 0 aliphatic rings. The zero-order valence-electron chi connectivity index (χ0n) is 11.4. The van der Waals surface area contributed by atoms with E-state index in [1.807, 2.05) is 0 Å². The number of carbonyl (C=O) groups excluding carboxylic acids is 1. The number of nitrogens with zero attached hydrogens (tertiary/aromatic N) is 2. The third-order valence-corrected chi connectivity index (χ3v) is 4.80. The zero-order chi connectivity index (χ0) is 15.5. The molecule has 0 spiro atoms. The van der Waals surface area contributed by atoms with Crippen LogP contribution in [0.15, 0.2) is 29.2 Å². The predicted octanol–water partition coefficient (Wildman–Crippen LogP) is 1.36. The summed E-state index contributed by atoms with van der Waals surface area (Å²) >= 11 is 1.15. The second-order valence-electron chi connectivity index (χ2n) is 4.13. The van der Waals surface area contributed by atoms with Crippen molar-refractivity contribution in [3.8, 4) is 0 Å². The van der Waals surface area contributed by atoms with E-state index in [1.54, 1.807) is 19.1 Å². The quantitative estimate of drug-likeness (QED) is 0.833. The van der Waals surface area contributed by atoms with Gasteiger partial charge in [0.15, 0.2) is 0 Å². The number of hydrogen-bond donors (Lipinski definition) is 1. The van der Waals surface area contributed by atoms with Gasteiger partial charge in [-0.3, -0.25) is 9.52 Å². The van der Waals surface area contributed by atoms with Crippen molar-refractivity contribution in [3.05, 3.63) is 34.8 Å². The van der Waals surface area contributed by atoms with Crippen LogP contribution in [0.3, 0.4) is 0 Å². The number of ether oxygens (including phenoxy) is 1. The minimum atomic E-state index is -3.71. The van der Waals surface area contributed by atoms with Crippen LogP contribution in [0.2, 0.25) is 0 Å². The van der Waals surface area contributed by atoms with Crippen LogP contribution in [0, 0.1) is 6.92 Å². The molecule has 0 atom stereocenters. The molecule has 7 nitrogen and oxygen atoms in total. The molecule has 0 unspecified atom stereocenters. The summed E-state index contributed by atoms with van der Waals surface area (Å²) in [6, 6.07) is 5.98. The van der Waals surface area contributed by atoms with Crippen molar-refractivity contribution in [2.45, 2.75) is 18.2 Å². The number of esters is 1. The summed E-state index contributed by atoms with van der Waals surface area (Å²) in [7, 11) is -2.41. The van der Waals surface area contributed by atoms with Crippen molar-refractivity contribution < 1.29 is 17.9 Å². The lowest BCUT2D eigenvalue weighted by Crippen LogP contribution is -2.13. The molecule has 1 heterocycles. The van der Waals surface area contributed by atoms with Gasteiger partial charge >= 0.3 is 5.97 Å². The van der Waals surface area contributed by atoms with Gasteiger partial charge in [-0.25, -0.2) is 8.42 Å². The van der Waals surface area contributed by atoms with E-state index in [0.717, 1.165) is 11.3 Å². The average molecular weight is 327 g/mol. The lowest BCUT2D eigenvalue weighted by Gasteiger charge is -2.05. The van der Waals surface area contributed by atoms with Crippen molar-refractivity contribution >= 4 is 32.5 Å². The normalized spacial score (nSPS) is 11.1. The fraction of sp³-hybridized carbons (Fsp3) is 0.250. The van der Waals surface area contributed by atoms with Crippen LogP contribution < -0.4 is 4.72 Å². The number of carbonyl (C=O) groups is 1. The van der Waals surface area contributed by atoms with E-state index in [4.69, 9.17) is 0 Å². The fourth-order valence-electron chi connectivity index (χ4n) is 1.54. The highest BCUT2D eigenvalue weighted by Crippen LogP contribution is 2.19. The molecule has 1 aromatic heterocycles. The summed E-state index contributed by atoms with van der Waals surface area (Å²) in [5, 5.41) is 8.33. The lowest BCUT2D eigenvalue weighted by molar-refractivity contribution is -0.139. The minimum absolute atomic E-state index is 0.0870. The summed E-state index contributed by atoms with van der Waals surface area (Å²) in [5.74, 6) is -0.381. The standard InChI is InChI=1S/C12H13N3O4S2/c1-8-13-14-12(20-8)15-21(17,18)10-5-3-9(4-6-10)7-11(16)19-2/h3-6H,7H2,1-2H3,(H,14,15). The van der Waals surface area contributed by atoms with E-state index in [2.05, 4.69) is 19.7 Å². The van der Waals surface area contributed by atoms with Crippen molar-refractivity contribution in [2.24, 2.45) is 0 Å². The first-order chi connectivity index (χ1) is 9.90. The molecule has 0 bridgehead atoms. The molecule has 112 valence electrons. The van der Waals surface area contributed by atoms with Crippen molar-refractivity contribution in [1.82, 2.24) is 10.2 Å². The van der Waals surface area contributed by atoms with E-state index in [-0.39, 0.29) is 22.4 Å². The number of nitrogens with one attached hydrogen (secondary N) is 1. The van der Waals surface area contributed by atoms with Crippen LogP contribution in [-0.2, 0) is 26.0 Å². The largest absolute Gasteiger partial charge is 0.469 e. The number of sulfonamides is 1. The molecule has 0 fully saturated rings. The van der Waals surface area contributed by atoms with Gasteiger partial charge in [0.25, 0.3) is 10.0 Å². The molecule has 0 saturated heterocycles. The summed E-state index contributed by atoms with van der Waals surface area (Å²) < 4.78 is 31.2. The Hall–Kier alpha value is -2.00. The number of rotatable bonds is 5. The molecule has 0 aliphatic carbocycles. The van der Waals surface area contributed by atoms with E-state index in [0.29, 0.717) is 10.6 Å². The first kappa shape index (κ1) is 15.4. The van der Waals surface area contributed by atoms with Gasteiger partial charge in [-0.05, 0) is 24.6 Å². The molecule has 9 heteroatoms. The van der Waals surface area contributed by atoms with Crippen LogP contribution in [0.25, 0.3) is 0 Å². The third kappa shape index (κ3) is 3.99. The second-order valence-corrected chi connectivity index (χ2v) is 6.99. The average Bonchev–Trinajstić information content (AvgIpc) is 2.83. The summed E-state index contributed by atoms with van der Waals surface area (Å²) in [6.45, 7) is 1.73.